The third kappa shape index (κ3) is 3.89. The van der Waals surface area contributed by atoms with Crippen LogP contribution in [0.1, 0.15) is 27.4 Å². The topological polar surface area (TPSA) is 33.5 Å². The van der Waals surface area contributed by atoms with Crippen LogP contribution in [0.4, 0.5) is 0 Å². The standard InChI is InChI=1S/C20H19NO2/c1-16-12-13-19(23-16)15-21(14-17-8-4-2-5-9-17)20(22)18-10-6-3-7-11-18/h2-13H,14-15H2,1H3. The molecule has 3 rings (SSSR count). The zero-order valence-electron chi connectivity index (χ0n) is 13.1. The Morgan fingerprint density at radius 3 is 2.13 bits per heavy atom. The summed E-state index contributed by atoms with van der Waals surface area (Å²) in [6.07, 6.45) is 0. The van der Waals surface area contributed by atoms with Crippen LogP contribution in [0, 0.1) is 6.92 Å². The van der Waals surface area contributed by atoms with Crippen molar-refractivity contribution in [3.8, 4) is 0 Å². The lowest BCUT2D eigenvalue weighted by molar-refractivity contribution is 0.0717. The van der Waals surface area contributed by atoms with Gasteiger partial charge in [-0.3, -0.25) is 4.79 Å². The molecule has 116 valence electrons. The predicted molar refractivity (Wildman–Crippen MR) is 89.9 cm³/mol. The molecular weight excluding hydrogens is 286 g/mol. The molecule has 0 aliphatic rings. The molecule has 0 saturated carbocycles. The summed E-state index contributed by atoms with van der Waals surface area (Å²) in [5.41, 5.74) is 1.78. The van der Waals surface area contributed by atoms with Crippen LogP contribution in [0.2, 0.25) is 0 Å². The van der Waals surface area contributed by atoms with E-state index in [0.717, 1.165) is 17.1 Å². The Kier molecular flexibility index (Phi) is 4.57. The zero-order chi connectivity index (χ0) is 16.1. The van der Waals surface area contributed by atoms with Gasteiger partial charge in [-0.2, -0.15) is 0 Å². The molecule has 1 amide bonds. The molecule has 0 spiro atoms. The molecule has 0 N–H and O–H groups in total. The summed E-state index contributed by atoms with van der Waals surface area (Å²) < 4.78 is 5.64. The number of aryl methyl sites for hydroxylation is 1. The van der Waals surface area contributed by atoms with E-state index in [9.17, 15) is 4.79 Å². The van der Waals surface area contributed by atoms with Crippen LogP contribution in [0.5, 0.6) is 0 Å². The molecule has 0 atom stereocenters. The van der Waals surface area contributed by atoms with Gasteiger partial charge < -0.3 is 9.32 Å². The molecule has 23 heavy (non-hydrogen) atoms. The summed E-state index contributed by atoms with van der Waals surface area (Å²) in [7, 11) is 0. The Morgan fingerprint density at radius 1 is 0.870 bits per heavy atom. The van der Waals surface area contributed by atoms with E-state index in [0.29, 0.717) is 18.7 Å². The van der Waals surface area contributed by atoms with E-state index in [2.05, 4.69) is 0 Å². The van der Waals surface area contributed by atoms with Crippen molar-refractivity contribution in [1.82, 2.24) is 4.90 Å². The van der Waals surface area contributed by atoms with Crippen molar-refractivity contribution in [2.45, 2.75) is 20.0 Å². The van der Waals surface area contributed by atoms with Gasteiger partial charge >= 0.3 is 0 Å². The second kappa shape index (κ2) is 6.97. The van der Waals surface area contributed by atoms with Crippen molar-refractivity contribution in [3.05, 3.63) is 95.4 Å². The Labute approximate surface area is 136 Å². The molecule has 0 radical (unpaired) electrons. The fourth-order valence-corrected chi connectivity index (χ4v) is 2.52. The maximum absolute atomic E-state index is 12.8. The molecule has 3 nitrogen and oxygen atoms in total. The Hall–Kier alpha value is -2.81. The van der Waals surface area contributed by atoms with E-state index in [1.807, 2.05) is 84.6 Å². The van der Waals surface area contributed by atoms with Gasteiger partial charge in [-0.25, -0.2) is 0 Å². The number of benzene rings is 2. The van der Waals surface area contributed by atoms with E-state index in [-0.39, 0.29) is 5.91 Å². The Bertz CT molecular complexity index is 763. The Balaban J connectivity index is 1.84. The van der Waals surface area contributed by atoms with Crippen molar-refractivity contribution < 1.29 is 9.21 Å². The van der Waals surface area contributed by atoms with Gasteiger partial charge in [-0.1, -0.05) is 48.5 Å². The fraction of sp³-hybridized carbons (Fsp3) is 0.150. The lowest BCUT2D eigenvalue weighted by Crippen LogP contribution is -2.30. The highest BCUT2D eigenvalue weighted by molar-refractivity contribution is 5.94. The maximum Gasteiger partial charge on any atom is 0.254 e. The number of furan rings is 1. The first-order valence-electron chi connectivity index (χ1n) is 7.66. The smallest absolute Gasteiger partial charge is 0.254 e. The first-order valence-corrected chi connectivity index (χ1v) is 7.66. The van der Waals surface area contributed by atoms with Crippen molar-refractivity contribution in [1.29, 1.82) is 0 Å². The minimum atomic E-state index is 0.00325. The Morgan fingerprint density at radius 2 is 1.52 bits per heavy atom. The van der Waals surface area contributed by atoms with Crippen molar-refractivity contribution in [2.24, 2.45) is 0 Å². The van der Waals surface area contributed by atoms with Crippen LogP contribution in [0.3, 0.4) is 0 Å². The molecule has 1 aromatic heterocycles. The number of hydrogen-bond acceptors (Lipinski definition) is 2. The first-order chi connectivity index (χ1) is 11.2. The summed E-state index contributed by atoms with van der Waals surface area (Å²) in [6, 6.07) is 23.2. The number of carbonyl (C=O) groups is 1. The third-order valence-electron chi connectivity index (χ3n) is 3.67. The molecule has 0 fully saturated rings. The number of amides is 1. The number of carbonyl (C=O) groups excluding carboxylic acids is 1. The molecule has 0 aliphatic carbocycles. The third-order valence-corrected chi connectivity index (χ3v) is 3.67. The van der Waals surface area contributed by atoms with Gasteiger partial charge in [-0.05, 0) is 36.8 Å². The number of hydrogen-bond donors (Lipinski definition) is 0. The highest BCUT2D eigenvalue weighted by Crippen LogP contribution is 2.16. The van der Waals surface area contributed by atoms with Crippen LogP contribution in [-0.2, 0) is 13.1 Å². The first kappa shape index (κ1) is 15.1. The lowest BCUT2D eigenvalue weighted by atomic mass is 10.1. The maximum atomic E-state index is 12.8. The van der Waals surface area contributed by atoms with Crippen molar-refractivity contribution >= 4 is 5.91 Å². The minimum Gasteiger partial charge on any atom is -0.464 e. The molecule has 3 heteroatoms. The minimum absolute atomic E-state index is 0.00325. The molecule has 0 saturated heterocycles. The quantitative estimate of drug-likeness (QED) is 0.698. The summed E-state index contributed by atoms with van der Waals surface area (Å²) in [5.74, 6) is 1.65. The van der Waals surface area contributed by atoms with E-state index in [4.69, 9.17) is 4.42 Å². The van der Waals surface area contributed by atoms with Gasteiger partial charge in [0.15, 0.2) is 0 Å². The van der Waals surface area contributed by atoms with Crippen molar-refractivity contribution in [3.63, 3.8) is 0 Å². The van der Waals surface area contributed by atoms with Gasteiger partial charge in [0.1, 0.15) is 11.5 Å². The fourth-order valence-electron chi connectivity index (χ4n) is 2.52. The van der Waals surface area contributed by atoms with Gasteiger partial charge in [0.2, 0.25) is 0 Å². The average Bonchev–Trinajstić information content (AvgIpc) is 3.00. The second-order valence-electron chi connectivity index (χ2n) is 5.53. The lowest BCUT2D eigenvalue weighted by Gasteiger charge is -2.22. The number of nitrogens with zero attached hydrogens (tertiary/aromatic N) is 1. The van der Waals surface area contributed by atoms with Gasteiger partial charge in [0.05, 0.1) is 6.54 Å². The average molecular weight is 305 g/mol. The normalized spacial score (nSPS) is 10.5. The zero-order valence-corrected chi connectivity index (χ0v) is 13.1. The van der Waals surface area contributed by atoms with Crippen LogP contribution in [-0.4, -0.2) is 10.8 Å². The summed E-state index contributed by atoms with van der Waals surface area (Å²) >= 11 is 0. The van der Waals surface area contributed by atoms with Crippen molar-refractivity contribution in [2.75, 3.05) is 0 Å². The summed E-state index contributed by atoms with van der Waals surface area (Å²) in [4.78, 5) is 14.7. The molecule has 0 aliphatic heterocycles. The van der Waals surface area contributed by atoms with E-state index >= 15 is 0 Å². The second-order valence-corrected chi connectivity index (χ2v) is 5.53. The van der Waals surface area contributed by atoms with Crippen LogP contribution in [0.25, 0.3) is 0 Å². The molecule has 3 aromatic rings. The van der Waals surface area contributed by atoms with Crippen LogP contribution >= 0.6 is 0 Å². The van der Waals surface area contributed by atoms with Crippen LogP contribution < -0.4 is 0 Å². The van der Waals surface area contributed by atoms with Gasteiger partial charge in [-0.15, -0.1) is 0 Å². The summed E-state index contributed by atoms with van der Waals surface area (Å²) in [5, 5.41) is 0. The van der Waals surface area contributed by atoms with E-state index < -0.39 is 0 Å². The highest BCUT2D eigenvalue weighted by Gasteiger charge is 2.17. The van der Waals surface area contributed by atoms with E-state index in [1.165, 1.54) is 0 Å². The van der Waals surface area contributed by atoms with Gasteiger partial charge in [0.25, 0.3) is 5.91 Å². The molecule has 0 unspecified atom stereocenters. The van der Waals surface area contributed by atoms with Gasteiger partial charge in [0, 0.05) is 12.1 Å². The molecular formula is C20H19NO2. The SMILES string of the molecule is Cc1ccc(CN(Cc2ccccc2)C(=O)c2ccccc2)o1. The molecule has 0 bridgehead atoms. The monoisotopic (exact) mass is 305 g/mol. The molecule has 2 aromatic carbocycles. The largest absolute Gasteiger partial charge is 0.464 e. The summed E-state index contributed by atoms with van der Waals surface area (Å²) in [6.45, 7) is 2.91. The number of rotatable bonds is 5. The highest BCUT2D eigenvalue weighted by atomic mass is 16.3. The predicted octanol–water partition coefficient (Wildman–Crippen LogP) is 4.43. The van der Waals surface area contributed by atoms with E-state index in [1.54, 1.807) is 0 Å². The molecule has 1 heterocycles. The van der Waals surface area contributed by atoms with Crippen LogP contribution in [0.15, 0.2) is 77.2 Å².